The predicted molar refractivity (Wildman–Crippen MR) is 70.0 cm³/mol. The number of carbonyl (C=O) groups is 1. The number of ether oxygens (including phenoxy) is 1. The Morgan fingerprint density at radius 3 is 2.67 bits per heavy atom. The standard InChI is InChI=1S/C13H23N3O2/c1-6-9(2)12(13(17)18-5)15-10(3)11-7-14-16(4)8-11/h7-10,12,15H,6H2,1-5H3. The lowest BCUT2D eigenvalue weighted by atomic mass is 9.98. The van der Waals surface area contributed by atoms with Crippen molar-refractivity contribution >= 4 is 5.97 Å². The summed E-state index contributed by atoms with van der Waals surface area (Å²) in [5.74, 6) is 0.0247. The molecule has 0 saturated carbocycles. The van der Waals surface area contributed by atoms with Crippen LogP contribution in [-0.4, -0.2) is 28.9 Å². The molecule has 0 aliphatic heterocycles. The summed E-state index contributed by atoms with van der Waals surface area (Å²) in [6.07, 6.45) is 4.68. The lowest BCUT2D eigenvalue weighted by Crippen LogP contribution is -2.43. The monoisotopic (exact) mass is 253 g/mol. The van der Waals surface area contributed by atoms with Crippen molar-refractivity contribution in [1.29, 1.82) is 0 Å². The van der Waals surface area contributed by atoms with Crippen molar-refractivity contribution in [3.63, 3.8) is 0 Å². The summed E-state index contributed by atoms with van der Waals surface area (Å²) in [5, 5.41) is 7.46. The smallest absolute Gasteiger partial charge is 0.323 e. The molecule has 5 heteroatoms. The van der Waals surface area contributed by atoms with Crippen LogP contribution in [0.3, 0.4) is 0 Å². The van der Waals surface area contributed by atoms with Gasteiger partial charge >= 0.3 is 5.97 Å². The van der Waals surface area contributed by atoms with Gasteiger partial charge in [-0.3, -0.25) is 14.8 Å². The average molecular weight is 253 g/mol. The molecule has 0 spiro atoms. The summed E-state index contributed by atoms with van der Waals surface area (Å²) in [4.78, 5) is 11.8. The summed E-state index contributed by atoms with van der Waals surface area (Å²) >= 11 is 0. The fourth-order valence-electron chi connectivity index (χ4n) is 1.86. The van der Waals surface area contributed by atoms with Crippen LogP contribution in [0.2, 0.25) is 0 Å². The zero-order valence-corrected chi connectivity index (χ0v) is 11.8. The first-order valence-corrected chi connectivity index (χ1v) is 6.32. The van der Waals surface area contributed by atoms with E-state index in [1.54, 1.807) is 4.68 Å². The van der Waals surface area contributed by atoms with Crippen LogP contribution in [0, 0.1) is 5.92 Å². The molecule has 5 nitrogen and oxygen atoms in total. The Morgan fingerprint density at radius 2 is 2.22 bits per heavy atom. The third-order valence-corrected chi connectivity index (χ3v) is 3.32. The topological polar surface area (TPSA) is 56.2 Å². The molecule has 0 amide bonds. The fraction of sp³-hybridized carbons (Fsp3) is 0.692. The number of nitrogens with one attached hydrogen (secondary N) is 1. The molecule has 0 saturated heterocycles. The number of nitrogens with zero attached hydrogens (tertiary/aromatic N) is 2. The summed E-state index contributed by atoms with van der Waals surface area (Å²) in [5.41, 5.74) is 1.06. The van der Waals surface area contributed by atoms with E-state index >= 15 is 0 Å². The van der Waals surface area contributed by atoms with Crippen LogP contribution in [0.4, 0.5) is 0 Å². The lowest BCUT2D eigenvalue weighted by molar-refractivity contribution is -0.144. The molecule has 1 heterocycles. The number of aromatic nitrogens is 2. The van der Waals surface area contributed by atoms with Gasteiger partial charge in [0.15, 0.2) is 0 Å². The molecule has 3 unspecified atom stereocenters. The van der Waals surface area contributed by atoms with Crippen molar-refractivity contribution in [2.24, 2.45) is 13.0 Å². The minimum absolute atomic E-state index is 0.0665. The van der Waals surface area contributed by atoms with Crippen molar-refractivity contribution in [1.82, 2.24) is 15.1 Å². The van der Waals surface area contributed by atoms with Gasteiger partial charge in [-0.1, -0.05) is 20.3 Å². The van der Waals surface area contributed by atoms with Gasteiger partial charge in [-0.25, -0.2) is 0 Å². The Morgan fingerprint density at radius 1 is 1.56 bits per heavy atom. The molecule has 0 aromatic carbocycles. The van der Waals surface area contributed by atoms with E-state index in [0.29, 0.717) is 0 Å². The van der Waals surface area contributed by atoms with Crippen molar-refractivity contribution in [2.75, 3.05) is 7.11 Å². The number of aryl methyl sites for hydroxylation is 1. The normalized spacial score (nSPS) is 16.1. The fourth-order valence-corrected chi connectivity index (χ4v) is 1.86. The molecule has 1 aromatic rings. The van der Waals surface area contributed by atoms with Gasteiger partial charge in [-0.2, -0.15) is 5.10 Å². The van der Waals surface area contributed by atoms with Gasteiger partial charge in [0.05, 0.1) is 13.3 Å². The average Bonchev–Trinajstić information content (AvgIpc) is 2.80. The summed E-state index contributed by atoms with van der Waals surface area (Å²) < 4.78 is 6.61. The Labute approximate surface area is 109 Å². The molecule has 3 atom stereocenters. The van der Waals surface area contributed by atoms with E-state index in [4.69, 9.17) is 4.74 Å². The van der Waals surface area contributed by atoms with Crippen molar-refractivity contribution in [3.8, 4) is 0 Å². The first-order valence-electron chi connectivity index (χ1n) is 6.32. The highest BCUT2D eigenvalue weighted by molar-refractivity contribution is 5.76. The maximum absolute atomic E-state index is 11.8. The molecular formula is C13H23N3O2. The van der Waals surface area contributed by atoms with Crippen LogP contribution in [0.1, 0.15) is 38.8 Å². The van der Waals surface area contributed by atoms with Gasteiger partial charge in [0.1, 0.15) is 6.04 Å². The zero-order chi connectivity index (χ0) is 13.7. The predicted octanol–water partition coefficient (Wildman–Crippen LogP) is 1.66. The SMILES string of the molecule is CCC(C)C(NC(C)c1cnn(C)c1)C(=O)OC. The maximum Gasteiger partial charge on any atom is 0.323 e. The number of carbonyl (C=O) groups excluding carboxylic acids is 1. The van der Waals surface area contributed by atoms with Crippen molar-refractivity contribution < 1.29 is 9.53 Å². The summed E-state index contributed by atoms with van der Waals surface area (Å²) in [6, 6.07) is -0.216. The van der Waals surface area contributed by atoms with E-state index in [2.05, 4.69) is 17.3 Å². The van der Waals surface area contributed by atoms with Crippen LogP contribution in [-0.2, 0) is 16.6 Å². The molecule has 102 valence electrons. The molecule has 1 aromatic heterocycles. The maximum atomic E-state index is 11.8. The molecule has 0 aliphatic carbocycles. The first-order chi connectivity index (χ1) is 8.49. The van der Waals surface area contributed by atoms with E-state index < -0.39 is 0 Å². The largest absolute Gasteiger partial charge is 0.468 e. The van der Waals surface area contributed by atoms with Gasteiger partial charge in [-0.05, 0) is 12.8 Å². The number of hydrogen-bond donors (Lipinski definition) is 1. The van der Waals surface area contributed by atoms with E-state index in [0.717, 1.165) is 12.0 Å². The molecule has 18 heavy (non-hydrogen) atoms. The van der Waals surface area contributed by atoms with Gasteiger partial charge < -0.3 is 4.74 Å². The second-order valence-electron chi connectivity index (χ2n) is 4.72. The third kappa shape index (κ3) is 3.57. The molecular weight excluding hydrogens is 230 g/mol. The Hall–Kier alpha value is -1.36. The van der Waals surface area contributed by atoms with Gasteiger partial charge in [0, 0.05) is 24.8 Å². The van der Waals surface area contributed by atoms with E-state index in [1.807, 2.05) is 33.3 Å². The number of hydrogen-bond acceptors (Lipinski definition) is 4. The second-order valence-corrected chi connectivity index (χ2v) is 4.72. The molecule has 0 aliphatic rings. The Kier molecular flexibility index (Phi) is 5.34. The minimum atomic E-state index is -0.282. The van der Waals surface area contributed by atoms with Gasteiger partial charge in [0.2, 0.25) is 0 Å². The van der Waals surface area contributed by atoms with E-state index in [-0.39, 0.29) is 24.0 Å². The molecule has 0 bridgehead atoms. The second kappa shape index (κ2) is 6.54. The third-order valence-electron chi connectivity index (χ3n) is 3.32. The van der Waals surface area contributed by atoms with E-state index in [9.17, 15) is 4.79 Å². The van der Waals surface area contributed by atoms with Crippen molar-refractivity contribution in [2.45, 2.75) is 39.3 Å². The van der Waals surface area contributed by atoms with Gasteiger partial charge in [-0.15, -0.1) is 0 Å². The molecule has 1 N–H and O–H groups in total. The number of methoxy groups -OCH3 is 1. The zero-order valence-electron chi connectivity index (χ0n) is 11.8. The Balaban J connectivity index is 2.74. The summed E-state index contributed by atoms with van der Waals surface area (Å²) in [7, 11) is 3.30. The molecule has 1 rings (SSSR count). The quantitative estimate of drug-likeness (QED) is 0.783. The van der Waals surface area contributed by atoms with Crippen LogP contribution in [0.25, 0.3) is 0 Å². The van der Waals surface area contributed by atoms with Crippen molar-refractivity contribution in [3.05, 3.63) is 18.0 Å². The van der Waals surface area contributed by atoms with Crippen LogP contribution >= 0.6 is 0 Å². The van der Waals surface area contributed by atoms with E-state index in [1.165, 1.54) is 7.11 Å². The summed E-state index contributed by atoms with van der Waals surface area (Å²) in [6.45, 7) is 6.14. The number of rotatable bonds is 6. The lowest BCUT2D eigenvalue weighted by Gasteiger charge is -2.25. The molecule has 0 fully saturated rings. The highest BCUT2D eigenvalue weighted by Gasteiger charge is 2.26. The highest BCUT2D eigenvalue weighted by Crippen LogP contribution is 2.16. The Bertz CT molecular complexity index is 389. The molecule has 0 radical (unpaired) electrons. The van der Waals surface area contributed by atoms with Gasteiger partial charge in [0.25, 0.3) is 0 Å². The van der Waals surface area contributed by atoms with Crippen LogP contribution in [0.5, 0.6) is 0 Å². The highest BCUT2D eigenvalue weighted by atomic mass is 16.5. The number of esters is 1. The minimum Gasteiger partial charge on any atom is -0.468 e. The van der Waals surface area contributed by atoms with Crippen LogP contribution < -0.4 is 5.32 Å². The first kappa shape index (κ1) is 14.7. The van der Waals surface area contributed by atoms with Crippen LogP contribution in [0.15, 0.2) is 12.4 Å².